The number of halogens is 1. The molecule has 1 N–H and O–H groups in total. The predicted octanol–water partition coefficient (Wildman–Crippen LogP) is 3.90. The van der Waals surface area contributed by atoms with Gasteiger partial charge in [-0.2, -0.15) is 0 Å². The van der Waals surface area contributed by atoms with Crippen molar-refractivity contribution in [2.24, 2.45) is 0 Å². The highest BCUT2D eigenvalue weighted by atomic mass is 35.5. The van der Waals surface area contributed by atoms with Crippen molar-refractivity contribution in [3.05, 3.63) is 53.3 Å². The van der Waals surface area contributed by atoms with Crippen LogP contribution in [0.15, 0.2) is 42.7 Å². The minimum Gasteiger partial charge on any atom is -0.489 e. The Hall–Kier alpha value is -1.78. The molecular weight excluding hydrogens is 300 g/mol. The quantitative estimate of drug-likeness (QED) is 0.877. The summed E-state index contributed by atoms with van der Waals surface area (Å²) in [7, 11) is 0. The maximum Gasteiger partial charge on any atom is 0.142 e. The fourth-order valence-corrected chi connectivity index (χ4v) is 2.60. The minimum absolute atomic E-state index is 0.196. The van der Waals surface area contributed by atoms with E-state index in [0.29, 0.717) is 18.2 Å². The molecule has 4 nitrogen and oxygen atoms in total. The standard InChI is InChI=1S/C17H19ClN2O2/c18-14-5-6-17(22-12-15-4-2-8-21-15)16(9-14)20-11-13-3-1-7-19-10-13/h1,3,5-7,9-10,15,20H,2,4,8,11-12H2/t15-/m0/s1. The first-order valence-corrected chi connectivity index (χ1v) is 7.86. The molecule has 1 fully saturated rings. The summed E-state index contributed by atoms with van der Waals surface area (Å²) in [4.78, 5) is 4.11. The Morgan fingerprint density at radius 1 is 1.36 bits per heavy atom. The van der Waals surface area contributed by atoms with E-state index in [1.165, 1.54) is 0 Å². The molecule has 1 aromatic carbocycles. The molecule has 0 spiro atoms. The first-order chi connectivity index (χ1) is 10.8. The highest BCUT2D eigenvalue weighted by Gasteiger charge is 2.16. The van der Waals surface area contributed by atoms with Gasteiger partial charge < -0.3 is 14.8 Å². The molecule has 2 heterocycles. The van der Waals surface area contributed by atoms with Crippen LogP contribution in [-0.4, -0.2) is 24.3 Å². The van der Waals surface area contributed by atoms with Crippen LogP contribution in [0.25, 0.3) is 0 Å². The number of nitrogens with one attached hydrogen (secondary N) is 1. The molecule has 0 radical (unpaired) electrons. The van der Waals surface area contributed by atoms with Gasteiger partial charge in [-0.1, -0.05) is 17.7 Å². The van der Waals surface area contributed by atoms with Gasteiger partial charge in [-0.3, -0.25) is 4.98 Å². The van der Waals surface area contributed by atoms with Gasteiger partial charge in [-0.15, -0.1) is 0 Å². The van der Waals surface area contributed by atoms with Crippen LogP contribution >= 0.6 is 11.6 Å². The van der Waals surface area contributed by atoms with Gasteiger partial charge in [0, 0.05) is 30.6 Å². The Morgan fingerprint density at radius 2 is 2.32 bits per heavy atom. The van der Waals surface area contributed by atoms with Crippen LogP contribution in [0.1, 0.15) is 18.4 Å². The minimum atomic E-state index is 0.196. The second-order valence-corrected chi connectivity index (χ2v) is 5.74. The van der Waals surface area contributed by atoms with Gasteiger partial charge in [0.1, 0.15) is 12.4 Å². The van der Waals surface area contributed by atoms with Crippen LogP contribution in [0.2, 0.25) is 5.02 Å². The molecule has 1 atom stereocenters. The summed E-state index contributed by atoms with van der Waals surface area (Å²) >= 11 is 6.09. The van der Waals surface area contributed by atoms with Crippen LogP contribution in [0, 0.1) is 0 Å². The molecule has 3 rings (SSSR count). The normalized spacial score (nSPS) is 17.4. The first kappa shape index (κ1) is 15.1. The van der Waals surface area contributed by atoms with Gasteiger partial charge in [0.05, 0.1) is 11.8 Å². The zero-order valence-corrected chi connectivity index (χ0v) is 13.1. The fraction of sp³-hybridized carbons (Fsp3) is 0.353. The molecule has 1 aromatic heterocycles. The monoisotopic (exact) mass is 318 g/mol. The van der Waals surface area contributed by atoms with E-state index in [4.69, 9.17) is 21.1 Å². The average Bonchev–Trinajstić information content (AvgIpc) is 3.06. The maximum atomic E-state index is 6.09. The lowest BCUT2D eigenvalue weighted by Gasteiger charge is -2.16. The molecule has 1 saturated heterocycles. The van der Waals surface area contributed by atoms with Gasteiger partial charge in [0.2, 0.25) is 0 Å². The van der Waals surface area contributed by atoms with E-state index in [9.17, 15) is 0 Å². The third kappa shape index (κ3) is 4.12. The van der Waals surface area contributed by atoms with Crippen LogP contribution < -0.4 is 10.1 Å². The first-order valence-electron chi connectivity index (χ1n) is 7.48. The number of rotatable bonds is 6. The number of aromatic nitrogens is 1. The lowest BCUT2D eigenvalue weighted by Crippen LogP contribution is -2.17. The largest absolute Gasteiger partial charge is 0.489 e. The summed E-state index contributed by atoms with van der Waals surface area (Å²) in [6, 6.07) is 9.55. The second kappa shape index (κ2) is 7.47. The van der Waals surface area contributed by atoms with Gasteiger partial charge in [-0.05, 0) is 42.7 Å². The highest BCUT2D eigenvalue weighted by Crippen LogP contribution is 2.29. The van der Waals surface area contributed by atoms with E-state index in [1.54, 1.807) is 6.20 Å². The van der Waals surface area contributed by atoms with E-state index in [-0.39, 0.29) is 6.10 Å². The molecule has 0 unspecified atom stereocenters. The summed E-state index contributed by atoms with van der Waals surface area (Å²) < 4.78 is 11.5. The topological polar surface area (TPSA) is 43.4 Å². The molecule has 2 aromatic rings. The van der Waals surface area contributed by atoms with Gasteiger partial charge in [-0.25, -0.2) is 0 Å². The van der Waals surface area contributed by atoms with Gasteiger partial charge in [0.25, 0.3) is 0 Å². The summed E-state index contributed by atoms with van der Waals surface area (Å²) in [5.74, 6) is 0.795. The number of hydrogen-bond donors (Lipinski definition) is 1. The molecule has 0 saturated carbocycles. The highest BCUT2D eigenvalue weighted by molar-refractivity contribution is 6.30. The maximum absolute atomic E-state index is 6.09. The molecule has 1 aliphatic rings. The van der Waals surface area contributed by atoms with Crippen LogP contribution in [0.3, 0.4) is 0 Å². The van der Waals surface area contributed by atoms with Crippen molar-refractivity contribution >= 4 is 17.3 Å². The van der Waals surface area contributed by atoms with Crippen molar-refractivity contribution in [2.45, 2.75) is 25.5 Å². The number of benzene rings is 1. The number of nitrogens with zero attached hydrogens (tertiary/aromatic N) is 1. The van der Waals surface area contributed by atoms with Crippen molar-refractivity contribution in [3.8, 4) is 5.75 Å². The van der Waals surface area contributed by atoms with Crippen molar-refractivity contribution < 1.29 is 9.47 Å². The Morgan fingerprint density at radius 3 is 3.09 bits per heavy atom. The molecule has 22 heavy (non-hydrogen) atoms. The molecule has 1 aliphatic heterocycles. The number of anilines is 1. The number of pyridine rings is 1. The number of hydrogen-bond acceptors (Lipinski definition) is 4. The van der Waals surface area contributed by atoms with Crippen molar-refractivity contribution in [1.29, 1.82) is 0 Å². The van der Waals surface area contributed by atoms with Crippen molar-refractivity contribution in [1.82, 2.24) is 4.98 Å². The summed E-state index contributed by atoms with van der Waals surface area (Å²) in [6.45, 7) is 2.08. The molecule has 0 amide bonds. The molecule has 0 bridgehead atoms. The van der Waals surface area contributed by atoms with E-state index in [2.05, 4.69) is 10.3 Å². The van der Waals surface area contributed by atoms with Crippen molar-refractivity contribution in [2.75, 3.05) is 18.5 Å². The van der Waals surface area contributed by atoms with Gasteiger partial charge >= 0.3 is 0 Å². The lowest BCUT2D eigenvalue weighted by molar-refractivity contribution is 0.0682. The predicted molar refractivity (Wildman–Crippen MR) is 87.5 cm³/mol. The number of ether oxygens (including phenoxy) is 2. The van der Waals surface area contributed by atoms with Crippen molar-refractivity contribution in [3.63, 3.8) is 0 Å². The second-order valence-electron chi connectivity index (χ2n) is 5.30. The molecule has 0 aliphatic carbocycles. The van der Waals surface area contributed by atoms with E-state index < -0.39 is 0 Å². The smallest absolute Gasteiger partial charge is 0.142 e. The zero-order valence-electron chi connectivity index (χ0n) is 12.3. The summed E-state index contributed by atoms with van der Waals surface area (Å²) in [5, 5.41) is 4.03. The van der Waals surface area contributed by atoms with E-state index in [1.807, 2.05) is 36.5 Å². The Kier molecular flexibility index (Phi) is 5.14. The third-order valence-corrected chi connectivity index (χ3v) is 3.83. The van der Waals surface area contributed by atoms with E-state index in [0.717, 1.165) is 36.4 Å². The third-order valence-electron chi connectivity index (χ3n) is 3.60. The van der Waals surface area contributed by atoms with Gasteiger partial charge in [0.15, 0.2) is 0 Å². The lowest BCUT2D eigenvalue weighted by atomic mass is 10.2. The molecule has 5 heteroatoms. The average molecular weight is 319 g/mol. The summed E-state index contributed by atoms with van der Waals surface area (Å²) in [6.07, 6.45) is 5.97. The molecule has 116 valence electrons. The molecular formula is C17H19ClN2O2. The van der Waals surface area contributed by atoms with E-state index >= 15 is 0 Å². The van der Waals surface area contributed by atoms with Crippen LogP contribution in [-0.2, 0) is 11.3 Å². The Labute approximate surface area is 135 Å². The zero-order chi connectivity index (χ0) is 15.2. The summed E-state index contributed by atoms with van der Waals surface area (Å²) in [5.41, 5.74) is 1.99. The Bertz CT molecular complexity index is 601. The van der Waals surface area contributed by atoms with Crippen LogP contribution in [0.4, 0.5) is 5.69 Å². The SMILES string of the molecule is Clc1ccc(OC[C@@H]2CCCO2)c(NCc2cccnc2)c1. The van der Waals surface area contributed by atoms with Crippen LogP contribution in [0.5, 0.6) is 5.75 Å². The fourth-order valence-electron chi connectivity index (χ4n) is 2.42. The Balaban J connectivity index is 1.64.